The van der Waals surface area contributed by atoms with Crippen molar-refractivity contribution in [1.29, 1.82) is 0 Å². The van der Waals surface area contributed by atoms with Crippen molar-refractivity contribution in [3.8, 4) is 34.3 Å². The van der Waals surface area contributed by atoms with Gasteiger partial charge in [0.1, 0.15) is 11.5 Å². The third-order valence-corrected chi connectivity index (χ3v) is 5.14. The Morgan fingerprint density at radius 3 is 2.09 bits per heavy atom. The Balaban J connectivity index is 1.40. The number of hydrogen-bond acceptors (Lipinski definition) is 7. The van der Waals surface area contributed by atoms with Gasteiger partial charge in [0.2, 0.25) is 5.82 Å². The number of Topliss-reactive ketones (excluding diaryl/α,β-unsaturated/α-hetero) is 1. The summed E-state index contributed by atoms with van der Waals surface area (Å²) in [6.07, 6.45) is 2.10. The van der Waals surface area contributed by atoms with Gasteiger partial charge in [0.25, 0.3) is 5.89 Å². The summed E-state index contributed by atoms with van der Waals surface area (Å²) in [5, 5.41) is 4.06. The molecule has 0 saturated carbocycles. The minimum atomic E-state index is -0.505. The van der Waals surface area contributed by atoms with Gasteiger partial charge in [-0.1, -0.05) is 18.5 Å². The number of ketones is 1. The molecule has 0 fully saturated rings. The normalized spacial score (nSPS) is 10.6. The molecule has 4 aromatic rings. The fourth-order valence-corrected chi connectivity index (χ4v) is 3.17. The Labute approximate surface area is 197 Å². The van der Waals surface area contributed by atoms with Crippen molar-refractivity contribution in [3.63, 3.8) is 0 Å². The summed E-state index contributed by atoms with van der Waals surface area (Å²) in [4.78, 5) is 28.2. The Morgan fingerprint density at radius 2 is 1.44 bits per heavy atom. The number of nitrogens with zero attached hydrogens (tertiary/aromatic N) is 2. The van der Waals surface area contributed by atoms with Crippen LogP contribution in [0.1, 0.15) is 47.4 Å². The van der Waals surface area contributed by atoms with Crippen molar-refractivity contribution >= 4 is 11.8 Å². The summed E-state index contributed by atoms with van der Waals surface area (Å²) in [5.74, 6) is 1.42. The lowest BCUT2D eigenvalue weighted by Crippen LogP contribution is -2.08. The van der Waals surface area contributed by atoms with E-state index >= 15 is 0 Å². The molecule has 0 unspecified atom stereocenters. The predicted octanol–water partition coefficient (Wildman–Crippen LogP) is 6.00. The lowest BCUT2D eigenvalue weighted by molar-refractivity contribution is 0.0734. The summed E-state index contributed by atoms with van der Waals surface area (Å²) in [7, 11) is 0. The number of aromatic nitrogens is 2. The zero-order valence-electron chi connectivity index (χ0n) is 19.0. The molecule has 0 saturated heterocycles. The second-order valence-corrected chi connectivity index (χ2v) is 7.70. The number of rotatable bonds is 9. The topological polar surface area (TPSA) is 91.5 Å². The second-order valence-electron chi connectivity index (χ2n) is 7.70. The third kappa shape index (κ3) is 5.56. The van der Waals surface area contributed by atoms with E-state index in [2.05, 4.69) is 17.1 Å². The molecule has 3 aromatic carbocycles. The largest absolute Gasteiger partial charge is 0.494 e. The number of carbonyl (C=O) groups excluding carboxylic acids is 2. The molecule has 0 radical (unpaired) electrons. The SMILES string of the molecule is CCCCOc1ccc(-c2noc(-c3ccc(C(=O)Oc4ccc(C(C)=O)cc4)cc3)n2)cc1. The standard InChI is InChI=1S/C27H24N2O5/c1-3-4-17-32-23-13-11-20(12-14-23)25-28-26(34-29-25)21-5-7-22(8-6-21)27(31)33-24-15-9-19(10-16-24)18(2)30/h5-16H,3-4,17H2,1-2H3. The molecule has 34 heavy (non-hydrogen) atoms. The van der Waals surface area contributed by atoms with Gasteiger partial charge >= 0.3 is 5.97 Å². The lowest BCUT2D eigenvalue weighted by Gasteiger charge is -2.05. The molecule has 0 N–H and O–H groups in total. The summed E-state index contributed by atoms with van der Waals surface area (Å²) in [6, 6.07) is 20.7. The molecular weight excluding hydrogens is 432 g/mol. The van der Waals surface area contributed by atoms with Gasteiger partial charge in [0.05, 0.1) is 12.2 Å². The summed E-state index contributed by atoms with van der Waals surface area (Å²) in [5.41, 5.74) is 2.42. The highest BCUT2D eigenvalue weighted by molar-refractivity contribution is 5.94. The highest BCUT2D eigenvalue weighted by Crippen LogP contribution is 2.25. The maximum Gasteiger partial charge on any atom is 0.343 e. The molecule has 0 amide bonds. The number of hydrogen-bond donors (Lipinski definition) is 0. The van der Waals surface area contributed by atoms with Gasteiger partial charge < -0.3 is 14.0 Å². The van der Waals surface area contributed by atoms with Gasteiger partial charge in [0.15, 0.2) is 5.78 Å². The minimum absolute atomic E-state index is 0.0499. The highest BCUT2D eigenvalue weighted by atomic mass is 16.5. The number of ether oxygens (including phenoxy) is 2. The molecule has 1 aromatic heterocycles. The molecule has 1 heterocycles. The molecular formula is C27H24N2O5. The predicted molar refractivity (Wildman–Crippen MR) is 127 cm³/mol. The quantitative estimate of drug-likeness (QED) is 0.132. The van der Waals surface area contributed by atoms with Crippen molar-refractivity contribution in [1.82, 2.24) is 10.1 Å². The van der Waals surface area contributed by atoms with Crippen LogP contribution in [0, 0.1) is 0 Å². The van der Waals surface area contributed by atoms with E-state index in [0.29, 0.717) is 40.8 Å². The molecule has 4 rings (SSSR count). The molecule has 0 bridgehead atoms. The van der Waals surface area contributed by atoms with Crippen molar-refractivity contribution in [3.05, 3.63) is 83.9 Å². The van der Waals surface area contributed by atoms with E-state index in [-0.39, 0.29) is 5.78 Å². The summed E-state index contributed by atoms with van der Waals surface area (Å²) < 4.78 is 16.5. The van der Waals surface area contributed by atoms with Crippen LogP contribution in [0.2, 0.25) is 0 Å². The average Bonchev–Trinajstić information content (AvgIpc) is 3.35. The zero-order valence-corrected chi connectivity index (χ0v) is 19.0. The van der Waals surface area contributed by atoms with E-state index in [1.54, 1.807) is 48.5 Å². The molecule has 0 aliphatic heterocycles. The van der Waals surface area contributed by atoms with Crippen LogP contribution in [0.5, 0.6) is 11.5 Å². The number of carbonyl (C=O) groups is 2. The maximum atomic E-state index is 12.4. The van der Waals surface area contributed by atoms with Gasteiger partial charge in [-0.2, -0.15) is 4.98 Å². The molecule has 0 aliphatic carbocycles. The number of unbranched alkanes of at least 4 members (excludes halogenated alkanes) is 1. The Hall–Kier alpha value is -4.26. The molecule has 7 heteroatoms. The van der Waals surface area contributed by atoms with Gasteiger partial charge in [-0.15, -0.1) is 0 Å². The second kappa shape index (κ2) is 10.6. The van der Waals surface area contributed by atoms with Gasteiger partial charge in [-0.3, -0.25) is 4.79 Å². The smallest absolute Gasteiger partial charge is 0.343 e. The zero-order chi connectivity index (χ0) is 23.9. The van der Waals surface area contributed by atoms with E-state index in [1.165, 1.54) is 6.92 Å². The van der Waals surface area contributed by atoms with E-state index in [4.69, 9.17) is 14.0 Å². The fourth-order valence-electron chi connectivity index (χ4n) is 3.17. The van der Waals surface area contributed by atoms with Crippen LogP contribution in [0.4, 0.5) is 0 Å². The summed E-state index contributed by atoms with van der Waals surface area (Å²) in [6.45, 7) is 4.30. The van der Waals surface area contributed by atoms with Crippen molar-refractivity contribution in [2.45, 2.75) is 26.7 Å². The van der Waals surface area contributed by atoms with E-state index < -0.39 is 5.97 Å². The molecule has 0 aliphatic rings. The molecule has 0 atom stereocenters. The maximum absolute atomic E-state index is 12.4. The van der Waals surface area contributed by atoms with E-state index in [9.17, 15) is 9.59 Å². The molecule has 172 valence electrons. The first kappa shape index (κ1) is 22.9. The Morgan fingerprint density at radius 1 is 0.824 bits per heavy atom. The highest BCUT2D eigenvalue weighted by Gasteiger charge is 2.13. The molecule has 7 nitrogen and oxygen atoms in total. The van der Waals surface area contributed by atoms with Crippen LogP contribution in [0.25, 0.3) is 22.8 Å². The van der Waals surface area contributed by atoms with E-state index in [1.807, 2.05) is 24.3 Å². The van der Waals surface area contributed by atoms with Crippen LogP contribution in [-0.4, -0.2) is 28.5 Å². The first-order chi connectivity index (χ1) is 16.5. The van der Waals surface area contributed by atoms with Crippen LogP contribution in [-0.2, 0) is 0 Å². The van der Waals surface area contributed by atoms with Crippen molar-refractivity contribution in [2.75, 3.05) is 6.61 Å². The summed E-state index contributed by atoms with van der Waals surface area (Å²) >= 11 is 0. The van der Waals surface area contributed by atoms with Gasteiger partial charge in [-0.25, -0.2) is 4.79 Å². The fraction of sp³-hybridized carbons (Fsp3) is 0.185. The number of esters is 1. The first-order valence-electron chi connectivity index (χ1n) is 11.0. The minimum Gasteiger partial charge on any atom is -0.494 e. The van der Waals surface area contributed by atoms with Crippen LogP contribution in [0.3, 0.4) is 0 Å². The Kier molecular flexibility index (Phi) is 7.13. The number of benzene rings is 3. The van der Waals surface area contributed by atoms with Crippen molar-refractivity contribution < 1.29 is 23.6 Å². The van der Waals surface area contributed by atoms with Crippen LogP contribution in [0.15, 0.2) is 77.3 Å². The van der Waals surface area contributed by atoms with Crippen LogP contribution >= 0.6 is 0 Å². The van der Waals surface area contributed by atoms with Crippen molar-refractivity contribution in [2.24, 2.45) is 0 Å². The third-order valence-electron chi connectivity index (χ3n) is 5.14. The van der Waals surface area contributed by atoms with Gasteiger partial charge in [-0.05, 0) is 86.1 Å². The van der Waals surface area contributed by atoms with Gasteiger partial charge in [0, 0.05) is 16.7 Å². The van der Waals surface area contributed by atoms with Crippen LogP contribution < -0.4 is 9.47 Å². The lowest BCUT2D eigenvalue weighted by atomic mass is 10.1. The Bertz CT molecular complexity index is 1260. The van der Waals surface area contributed by atoms with E-state index in [0.717, 1.165) is 24.2 Å². The average molecular weight is 456 g/mol. The monoisotopic (exact) mass is 456 g/mol. The molecule has 0 spiro atoms. The first-order valence-corrected chi connectivity index (χ1v) is 11.0.